The highest BCUT2D eigenvalue weighted by atomic mass is 32.2. The molecule has 3 aromatic rings. The van der Waals surface area contributed by atoms with Crippen LogP contribution in [0.5, 0.6) is 0 Å². The van der Waals surface area contributed by atoms with E-state index >= 15 is 0 Å². The topological polar surface area (TPSA) is 86.0 Å². The molecule has 0 aliphatic carbocycles. The van der Waals surface area contributed by atoms with Gasteiger partial charge in [0.05, 0.1) is 11.1 Å². The standard InChI is InChI=1S/C21H24N4O3S/c1-6-14-10-22-19-17(20(27)25(5)21(28)24(19)4)18(14)29-11-16(26)23-15-9-7-8-12(2)13(15)3/h7-10H,6,11H2,1-5H3,(H,23,26). The molecule has 1 amide bonds. The van der Waals surface area contributed by atoms with Gasteiger partial charge in [0, 0.05) is 30.9 Å². The van der Waals surface area contributed by atoms with Crippen molar-refractivity contribution in [2.24, 2.45) is 14.1 Å². The Balaban J connectivity index is 1.97. The van der Waals surface area contributed by atoms with Crippen LogP contribution in [0.1, 0.15) is 23.6 Å². The molecule has 0 aliphatic rings. The van der Waals surface area contributed by atoms with E-state index in [2.05, 4.69) is 10.3 Å². The molecule has 0 bridgehead atoms. The summed E-state index contributed by atoms with van der Waals surface area (Å²) in [7, 11) is 3.04. The predicted octanol–water partition coefficient (Wildman–Crippen LogP) is 2.54. The first-order valence-electron chi connectivity index (χ1n) is 9.32. The Morgan fingerprint density at radius 2 is 1.90 bits per heavy atom. The van der Waals surface area contributed by atoms with Crippen molar-refractivity contribution in [3.05, 3.63) is 61.9 Å². The maximum absolute atomic E-state index is 12.8. The number of carbonyl (C=O) groups is 1. The lowest BCUT2D eigenvalue weighted by Gasteiger charge is -2.14. The first-order valence-corrected chi connectivity index (χ1v) is 10.3. The van der Waals surface area contributed by atoms with Gasteiger partial charge in [0.15, 0.2) is 0 Å². The van der Waals surface area contributed by atoms with Crippen LogP contribution in [0.2, 0.25) is 0 Å². The number of aryl methyl sites for hydroxylation is 3. The molecule has 0 saturated carbocycles. The van der Waals surface area contributed by atoms with Crippen molar-refractivity contribution in [1.29, 1.82) is 0 Å². The van der Waals surface area contributed by atoms with Crippen molar-refractivity contribution in [3.8, 4) is 0 Å². The molecule has 0 fully saturated rings. The summed E-state index contributed by atoms with van der Waals surface area (Å²) >= 11 is 1.30. The molecule has 1 N–H and O–H groups in total. The van der Waals surface area contributed by atoms with Crippen LogP contribution in [-0.2, 0) is 25.3 Å². The number of thioether (sulfide) groups is 1. The number of carbonyl (C=O) groups excluding carboxylic acids is 1. The zero-order valence-electron chi connectivity index (χ0n) is 17.2. The molecule has 0 radical (unpaired) electrons. The first kappa shape index (κ1) is 20.9. The highest BCUT2D eigenvalue weighted by Crippen LogP contribution is 2.29. The number of rotatable bonds is 5. The maximum atomic E-state index is 12.8. The summed E-state index contributed by atoms with van der Waals surface area (Å²) < 4.78 is 2.43. The Bertz CT molecular complexity index is 1230. The normalized spacial score (nSPS) is 11.1. The first-order chi connectivity index (χ1) is 13.8. The van der Waals surface area contributed by atoms with Gasteiger partial charge >= 0.3 is 5.69 Å². The van der Waals surface area contributed by atoms with Gasteiger partial charge in [-0.1, -0.05) is 19.1 Å². The third-order valence-corrected chi connectivity index (χ3v) is 6.26. The van der Waals surface area contributed by atoms with E-state index in [0.717, 1.165) is 26.9 Å². The van der Waals surface area contributed by atoms with Crippen molar-refractivity contribution in [1.82, 2.24) is 14.1 Å². The molecule has 2 aromatic heterocycles. The molecule has 3 rings (SSSR count). The van der Waals surface area contributed by atoms with E-state index in [1.807, 2.05) is 39.0 Å². The summed E-state index contributed by atoms with van der Waals surface area (Å²) in [5, 5.41) is 3.31. The minimum atomic E-state index is -0.428. The lowest BCUT2D eigenvalue weighted by atomic mass is 10.1. The highest BCUT2D eigenvalue weighted by molar-refractivity contribution is 8.00. The van der Waals surface area contributed by atoms with Crippen LogP contribution >= 0.6 is 11.8 Å². The molecule has 0 atom stereocenters. The second-order valence-corrected chi connectivity index (χ2v) is 7.94. The van der Waals surface area contributed by atoms with E-state index in [-0.39, 0.29) is 11.7 Å². The number of nitrogens with zero attached hydrogens (tertiary/aromatic N) is 3. The summed E-state index contributed by atoms with van der Waals surface area (Å²) in [5.41, 5.74) is 3.28. The summed E-state index contributed by atoms with van der Waals surface area (Å²) in [6.07, 6.45) is 2.34. The van der Waals surface area contributed by atoms with Crippen LogP contribution in [0.3, 0.4) is 0 Å². The fraction of sp³-hybridized carbons (Fsp3) is 0.333. The van der Waals surface area contributed by atoms with Crippen molar-refractivity contribution in [3.63, 3.8) is 0 Å². The van der Waals surface area contributed by atoms with Crippen LogP contribution in [0.4, 0.5) is 5.69 Å². The summed E-state index contributed by atoms with van der Waals surface area (Å²) in [6.45, 7) is 5.93. The summed E-state index contributed by atoms with van der Waals surface area (Å²) in [6, 6.07) is 5.77. The Kier molecular flexibility index (Phi) is 5.93. The van der Waals surface area contributed by atoms with Crippen molar-refractivity contribution in [2.45, 2.75) is 32.1 Å². The average Bonchev–Trinajstić information content (AvgIpc) is 2.71. The molecule has 8 heteroatoms. The Labute approximate surface area is 172 Å². The molecule has 152 valence electrons. The third-order valence-electron chi connectivity index (χ3n) is 5.10. The van der Waals surface area contributed by atoms with Crippen LogP contribution in [0.15, 0.2) is 38.9 Å². The van der Waals surface area contributed by atoms with Gasteiger partial charge in [-0.3, -0.25) is 18.7 Å². The van der Waals surface area contributed by atoms with Crippen LogP contribution in [-0.4, -0.2) is 25.8 Å². The fourth-order valence-electron chi connectivity index (χ4n) is 3.17. The monoisotopic (exact) mass is 412 g/mol. The molecular formula is C21H24N4O3S. The molecule has 1 aromatic carbocycles. The van der Waals surface area contributed by atoms with Crippen LogP contribution < -0.4 is 16.6 Å². The smallest absolute Gasteiger partial charge is 0.325 e. The van der Waals surface area contributed by atoms with Crippen LogP contribution in [0.25, 0.3) is 11.0 Å². The second-order valence-electron chi connectivity index (χ2n) is 6.95. The summed E-state index contributed by atoms with van der Waals surface area (Å²) in [4.78, 5) is 42.6. The van der Waals surface area contributed by atoms with Gasteiger partial charge in [-0.05, 0) is 43.0 Å². The number of pyridine rings is 1. The fourth-order valence-corrected chi connectivity index (χ4v) is 4.22. The molecule has 7 nitrogen and oxygen atoms in total. The molecule has 2 heterocycles. The number of amides is 1. The number of aromatic nitrogens is 3. The lowest BCUT2D eigenvalue weighted by molar-refractivity contribution is -0.113. The molecule has 0 unspecified atom stereocenters. The largest absolute Gasteiger partial charge is 0.332 e. The zero-order chi connectivity index (χ0) is 21.3. The van der Waals surface area contributed by atoms with Gasteiger partial charge in [0.1, 0.15) is 5.65 Å². The quantitative estimate of drug-likeness (QED) is 0.651. The average molecular weight is 413 g/mol. The number of benzene rings is 1. The van der Waals surface area contributed by atoms with Gasteiger partial charge in [-0.15, -0.1) is 11.8 Å². The SMILES string of the molecule is CCc1cnc2c(c1SCC(=O)Nc1cccc(C)c1C)c(=O)n(C)c(=O)n2C. The van der Waals surface area contributed by atoms with Gasteiger partial charge in [0.25, 0.3) is 5.56 Å². The van der Waals surface area contributed by atoms with Crippen molar-refractivity contribution < 1.29 is 4.79 Å². The number of anilines is 1. The Morgan fingerprint density at radius 1 is 1.17 bits per heavy atom. The predicted molar refractivity (Wildman–Crippen MR) is 117 cm³/mol. The van der Waals surface area contributed by atoms with Crippen molar-refractivity contribution in [2.75, 3.05) is 11.1 Å². The van der Waals surface area contributed by atoms with E-state index in [1.54, 1.807) is 13.2 Å². The number of hydrogen-bond acceptors (Lipinski definition) is 5. The second kappa shape index (κ2) is 8.24. The number of hydrogen-bond donors (Lipinski definition) is 1. The molecule has 29 heavy (non-hydrogen) atoms. The van der Waals surface area contributed by atoms with E-state index in [4.69, 9.17) is 0 Å². The minimum Gasteiger partial charge on any atom is -0.325 e. The van der Waals surface area contributed by atoms with E-state index < -0.39 is 11.2 Å². The zero-order valence-corrected chi connectivity index (χ0v) is 18.0. The van der Waals surface area contributed by atoms with E-state index in [0.29, 0.717) is 22.3 Å². The minimum absolute atomic E-state index is 0.144. The summed E-state index contributed by atoms with van der Waals surface area (Å²) in [5.74, 6) is -0.0109. The Morgan fingerprint density at radius 3 is 2.59 bits per heavy atom. The highest BCUT2D eigenvalue weighted by Gasteiger charge is 2.18. The van der Waals surface area contributed by atoms with Gasteiger partial charge in [0.2, 0.25) is 5.91 Å². The van der Waals surface area contributed by atoms with E-state index in [9.17, 15) is 14.4 Å². The Hall–Kier alpha value is -2.87. The third kappa shape index (κ3) is 3.85. The van der Waals surface area contributed by atoms with Gasteiger partial charge < -0.3 is 5.32 Å². The number of fused-ring (bicyclic) bond motifs is 1. The number of nitrogens with one attached hydrogen (secondary N) is 1. The maximum Gasteiger partial charge on any atom is 0.332 e. The van der Waals surface area contributed by atoms with Crippen LogP contribution in [0, 0.1) is 13.8 Å². The molecule has 0 aliphatic heterocycles. The van der Waals surface area contributed by atoms with Gasteiger partial charge in [-0.25, -0.2) is 9.78 Å². The molecular weight excluding hydrogens is 388 g/mol. The van der Waals surface area contributed by atoms with E-state index in [1.165, 1.54) is 23.4 Å². The molecule has 0 spiro atoms. The molecule has 0 saturated heterocycles. The van der Waals surface area contributed by atoms with Gasteiger partial charge in [-0.2, -0.15) is 0 Å². The van der Waals surface area contributed by atoms with Crippen molar-refractivity contribution >= 4 is 34.4 Å². The lowest BCUT2D eigenvalue weighted by Crippen LogP contribution is -2.37.